The Balaban J connectivity index is 2.68. The van der Waals surface area contributed by atoms with E-state index >= 15 is 0 Å². The lowest BCUT2D eigenvalue weighted by atomic mass is 10.1. The van der Waals surface area contributed by atoms with Crippen LogP contribution in [0.4, 0.5) is 0 Å². The largest absolute Gasteiger partial charge is 0.294 e. The molecule has 0 aliphatic heterocycles. The fourth-order valence-electron chi connectivity index (χ4n) is 2.08. The summed E-state index contributed by atoms with van der Waals surface area (Å²) in [4.78, 5) is 23.7. The van der Waals surface area contributed by atoms with Crippen molar-refractivity contribution < 1.29 is 18.0 Å². The summed E-state index contributed by atoms with van der Waals surface area (Å²) in [6.07, 6.45) is 1.46. The van der Waals surface area contributed by atoms with E-state index in [2.05, 4.69) is 0 Å². The van der Waals surface area contributed by atoms with E-state index in [0.717, 1.165) is 3.97 Å². The molecule has 5 nitrogen and oxygen atoms in total. The number of benzene rings is 1. The quantitative estimate of drug-likeness (QED) is 0.796. The molecule has 110 valence electrons. The van der Waals surface area contributed by atoms with Gasteiger partial charge >= 0.3 is 0 Å². The van der Waals surface area contributed by atoms with Gasteiger partial charge in [0.05, 0.1) is 4.90 Å². The van der Waals surface area contributed by atoms with Crippen molar-refractivity contribution in [2.24, 2.45) is 0 Å². The Labute approximate surface area is 123 Å². The van der Waals surface area contributed by atoms with Crippen LogP contribution < -0.4 is 0 Å². The summed E-state index contributed by atoms with van der Waals surface area (Å²) in [6, 6.07) is 9.17. The van der Waals surface area contributed by atoms with Crippen LogP contribution in [0.5, 0.6) is 0 Å². The average Bonchev–Trinajstić information content (AvgIpc) is 2.93. The molecule has 0 bridgehead atoms. The zero-order chi connectivity index (χ0) is 15.6. The summed E-state index contributed by atoms with van der Waals surface area (Å²) in [5.74, 6) is -0.724. The lowest BCUT2D eigenvalue weighted by Crippen LogP contribution is -2.18. The molecule has 2 aromatic rings. The molecule has 0 spiro atoms. The Kier molecular flexibility index (Phi) is 4.09. The highest BCUT2D eigenvalue weighted by molar-refractivity contribution is 7.90. The molecule has 0 N–H and O–H groups in total. The molecule has 6 heteroatoms. The van der Waals surface area contributed by atoms with Crippen LogP contribution in [0.1, 0.15) is 41.1 Å². The van der Waals surface area contributed by atoms with E-state index in [-0.39, 0.29) is 28.4 Å². The van der Waals surface area contributed by atoms with Crippen LogP contribution in [0.3, 0.4) is 0 Å². The van der Waals surface area contributed by atoms with Crippen LogP contribution >= 0.6 is 0 Å². The van der Waals surface area contributed by atoms with E-state index in [1.807, 2.05) is 0 Å². The fourth-order valence-corrected chi connectivity index (χ4v) is 3.50. The molecule has 0 unspecified atom stereocenters. The van der Waals surface area contributed by atoms with Crippen molar-refractivity contribution in [2.45, 2.75) is 25.2 Å². The number of hydrogen-bond acceptors (Lipinski definition) is 4. The Morgan fingerprint density at radius 3 is 2.24 bits per heavy atom. The molecule has 0 aliphatic carbocycles. The normalized spacial score (nSPS) is 11.3. The molecule has 0 atom stereocenters. The van der Waals surface area contributed by atoms with Crippen LogP contribution in [0, 0.1) is 0 Å². The molecule has 21 heavy (non-hydrogen) atoms. The summed E-state index contributed by atoms with van der Waals surface area (Å²) in [7, 11) is -3.89. The molecule has 0 amide bonds. The number of hydrogen-bond donors (Lipinski definition) is 0. The van der Waals surface area contributed by atoms with Crippen molar-refractivity contribution in [1.82, 2.24) is 3.97 Å². The first kappa shape index (κ1) is 15.2. The first-order chi connectivity index (χ1) is 9.89. The fraction of sp³-hybridized carbons (Fsp3) is 0.200. The summed E-state index contributed by atoms with van der Waals surface area (Å²) in [5, 5.41) is 0. The molecule has 0 saturated carbocycles. The Morgan fingerprint density at radius 1 is 1.10 bits per heavy atom. The van der Waals surface area contributed by atoms with Gasteiger partial charge < -0.3 is 0 Å². The third kappa shape index (κ3) is 2.67. The molecule has 2 rings (SSSR count). The minimum atomic E-state index is -3.89. The number of Topliss-reactive ketones (excluding diaryl/α,β-unsaturated/α-hetero) is 2. The maximum Gasteiger partial charge on any atom is 0.268 e. The zero-order valence-electron chi connectivity index (χ0n) is 11.7. The number of ketones is 2. The topological polar surface area (TPSA) is 73.2 Å². The van der Waals surface area contributed by atoms with Gasteiger partial charge in [-0.05, 0) is 18.2 Å². The van der Waals surface area contributed by atoms with Gasteiger partial charge in [0.1, 0.15) is 5.69 Å². The lowest BCUT2D eigenvalue weighted by molar-refractivity contribution is 0.0963. The Hall–Kier alpha value is -2.21. The average molecular weight is 305 g/mol. The molecule has 1 aromatic heterocycles. The van der Waals surface area contributed by atoms with E-state index < -0.39 is 15.8 Å². The maximum atomic E-state index is 12.6. The van der Waals surface area contributed by atoms with Gasteiger partial charge in [0.25, 0.3) is 10.0 Å². The molecule has 0 radical (unpaired) electrons. The van der Waals surface area contributed by atoms with Gasteiger partial charge in [-0.25, -0.2) is 12.4 Å². The Morgan fingerprint density at radius 2 is 1.71 bits per heavy atom. The highest BCUT2D eigenvalue weighted by atomic mass is 32.2. The highest BCUT2D eigenvalue weighted by Crippen LogP contribution is 2.21. The second-order valence-electron chi connectivity index (χ2n) is 4.52. The number of carbonyl (C=O) groups is 2. The third-order valence-electron chi connectivity index (χ3n) is 3.11. The van der Waals surface area contributed by atoms with Gasteiger partial charge in [0.2, 0.25) is 0 Å². The number of nitrogens with zero attached hydrogens (tertiary/aromatic N) is 1. The van der Waals surface area contributed by atoms with Crippen molar-refractivity contribution in [1.29, 1.82) is 0 Å². The van der Waals surface area contributed by atoms with Crippen LogP contribution in [0.2, 0.25) is 0 Å². The van der Waals surface area contributed by atoms with Crippen LogP contribution in [0.15, 0.2) is 47.5 Å². The number of rotatable bonds is 5. The SMILES string of the molecule is CCC(=O)c1ccn(S(=O)(=O)c2ccccc2)c1C(C)=O. The maximum absolute atomic E-state index is 12.6. The predicted molar refractivity (Wildman–Crippen MR) is 78.1 cm³/mol. The smallest absolute Gasteiger partial charge is 0.268 e. The third-order valence-corrected chi connectivity index (χ3v) is 4.80. The van der Waals surface area contributed by atoms with Crippen molar-refractivity contribution in [3.63, 3.8) is 0 Å². The highest BCUT2D eigenvalue weighted by Gasteiger charge is 2.26. The predicted octanol–water partition coefficient (Wildman–Crippen LogP) is 2.52. The summed E-state index contributed by atoms with van der Waals surface area (Å²) < 4.78 is 26.0. The van der Waals surface area contributed by atoms with Crippen LogP contribution in [-0.4, -0.2) is 24.0 Å². The minimum absolute atomic E-state index is 0.0681. The first-order valence-corrected chi connectivity index (χ1v) is 7.89. The van der Waals surface area contributed by atoms with Crippen LogP contribution in [0.25, 0.3) is 0 Å². The Bertz CT molecular complexity index is 788. The molecule has 0 fully saturated rings. The first-order valence-electron chi connectivity index (χ1n) is 6.45. The molecule has 0 aliphatic rings. The van der Waals surface area contributed by atoms with Gasteiger partial charge in [0.15, 0.2) is 11.6 Å². The van der Waals surface area contributed by atoms with E-state index in [0.29, 0.717) is 0 Å². The van der Waals surface area contributed by atoms with Gasteiger partial charge in [-0.1, -0.05) is 25.1 Å². The number of carbonyl (C=O) groups excluding carboxylic acids is 2. The lowest BCUT2D eigenvalue weighted by Gasteiger charge is -2.09. The van der Waals surface area contributed by atoms with Gasteiger partial charge in [-0.15, -0.1) is 0 Å². The van der Waals surface area contributed by atoms with E-state index in [9.17, 15) is 18.0 Å². The second-order valence-corrected chi connectivity index (χ2v) is 6.34. The number of aromatic nitrogens is 1. The summed E-state index contributed by atoms with van der Waals surface area (Å²) >= 11 is 0. The van der Waals surface area contributed by atoms with E-state index in [1.54, 1.807) is 25.1 Å². The summed E-state index contributed by atoms with van der Waals surface area (Å²) in [5.41, 5.74) is 0.0511. The standard InChI is InChI=1S/C15H15NO4S/c1-3-14(18)13-9-10-16(15(13)11(2)17)21(19,20)12-7-5-4-6-8-12/h4-10H,3H2,1-2H3. The van der Waals surface area contributed by atoms with Gasteiger partial charge in [-0.3, -0.25) is 9.59 Å². The molecular formula is C15H15NO4S. The summed E-state index contributed by atoms with van der Waals surface area (Å²) in [6.45, 7) is 2.91. The molecule has 1 aromatic carbocycles. The van der Waals surface area contributed by atoms with Crippen molar-refractivity contribution >= 4 is 21.6 Å². The van der Waals surface area contributed by atoms with Crippen molar-refractivity contribution in [3.05, 3.63) is 53.9 Å². The molecule has 1 heterocycles. The second kappa shape index (κ2) is 5.65. The van der Waals surface area contributed by atoms with Crippen molar-refractivity contribution in [3.8, 4) is 0 Å². The monoisotopic (exact) mass is 305 g/mol. The zero-order valence-corrected chi connectivity index (χ0v) is 12.6. The van der Waals surface area contributed by atoms with E-state index in [4.69, 9.17) is 0 Å². The van der Waals surface area contributed by atoms with Crippen molar-refractivity contribution in [2.75, 3.05) is 0 Å². The van der Waals surface area contributed by atoms with Gasteiger partial charge in [0, 0.05) is 25.1 Å². The minimum Gasteiger partial charge on any atom is -0.294 e. The van der Waals surface area contributed by atoms with E-state index in [1.165, 1.54) is 31.3 Å². The van der Waals surface area contributed by atoms with Crippen LogP contribution in [-0.2, 0) is 10.0 Å². The molecular weight excluding hydrogens is 290 g/mol. The van der Waals surface area contributed by atoms with Gasteiger partial charge in [-0.2, -0.15) is 0 Å². The molecule has 0 saturated heterocycles.